The number of aryl methyl sites for hydroxylation is 1. The molecule has 0 radical (unpaired) electrons. The number of hydrogen-bond acceptors (Lipinski definition) is 9. The summed E-state index contributed by atoms with van der Waals surface area (Å²) >= 11 is 0. The molecule has 0 bridgehead atoms. The molecule has 1 amide bonds. The van der Waals surface area contributed by atoms with Crippen molar-refractivity contribution in [1.29, 1.82) is 0 Å². The molecule has 1 aliphatic rings. The summed E-state index contributed by atoms with van der Waals surface area (Å²) in [6.45, 7) is 11.3. The van der Waals surface area contributed by atoms with Crippen LogP contribution in [0.25, 0.3) is 27.4 Å². The first kappa shape index (κ1) is 24.8. The number of rotatable bonds is 6. The number of imidazole rings is 1. The highest BCUT2D eigenvalue weighted by Gasteiger charge is 2.24. The smallest absolute Gasteiger partial charge is 0.338 e. The van der Waals surface area contributed by atoms with Crippen LogP contribution in [-0.2, 0) is 18.5 Å². The highest BCUT2D eigenvalue weighted by molar-refractivity contribution is 5.93. The summed E-state index contributed by atoms with van der Waals surface area (Å²) < 4.78 is 3.37. The van der Waals surface area contributed by atoms with Gasteiger partial charge in [0.1, 0.15) is 11.9 Å². The predicted molar refractivity (Wildman–Crippen MR) is 138 cm³/mol. The van der Waals surface area contributed by atoms with E-state index in [1.54, 1.807) is 25.4 Å². The molecule has 5 heterocycles. The molecule has 14 heteroatoms. The number of nitrogens with one attached hydrogen (secondary N) is 1. The van der Waals surface area contributed by atoms with Crippen LogP contribution in [0.5, 0.6) is 0 Å². The fraction of sp³-hybridized carbons (Fsp3) is 0.375. The minimum absolute atomic E-state index is 0.0475. The van der Waals surface area contributed by atoms with Gasteiger partial charge in [-0.15, -0.1) is 0 Å². The lowest BCUT2D eigenvalue weighted by molar-refractivity contribution is -0.118. The van der Waals surface area contributed by atoms with Gasteiger partial charge in [-0.25, -0.2) is 36.3 Å². The van der Waals surface area contributed by atoms with E-state index in [1.165, 1.54) is 28.7 Å². The molecule has 14 nitrogen and oxygen atoms in total. The fourth-order valence-corrected chi connectivity index (χ4v) is 4.52. The molecule has 1 saturated heterocycles. The Bertz CT molecular complexity index is 1680. The van der Waals surface area contributed by atoms with E-state index in [1.807, 2.05) is 0 Å². The van der Waals surface area contributed by atoms with Crippen molar-refractivity contribution in [3.63, 3.8) is 0 Å². The number of carbonyl (C=O) groups excluding carboxylic acids is 1. The molecule has 5 rings (SSSR count). The van der Waals surface area contributed by atoms with Crippen LogP contribution in [0.2, 0.25) is 0 Å². The van der Waals surface area contributed by atoms with Crippen molar-refractivity contribution in [1.82, 2.24) is 38.6 Å². The lowest BCUT2D eigenvalue weighted by Crippen LogP contribution is -2.39. The van der Waals surface area contributed by atoms with Gasteiger partial charge < -0.3 is 14.8 Å². The summed E-state index contributed by atoms with van der Waals surface area (Å²) in [6, 6.07) is 1.06. The zero-order valence-electron chi connectivity index (χ0n) is 21.1. The molecule has 1 N–H and O–H groups in total. The van der Waals surface area contributed by atoms with Gasteiger partial charge in [0.25, 0.3) is 12.2 Å². The van der Waals surface area contributed by atoms with Gasteiger partial charge in [-0.1, -0.05) is 0 Å². The number of anilines is 2. The Morgan fingerprint density at radius 1 is 1.24 bits per heavy atom. The third-order valence-corrected chi connectivity index (χ3v) is 6.68. The predicted octanol–water partition coefficient (Wildman–Crippen LogP) is 1.21. The number of carbonyl (C=O) groups is 1. The van der Waals surface area contributed by atoms with E-state index in [-0.39, 0.29) is 17.0 Å². The van der Waals surface area contributed by atoms with Crippen molar-refractivity contribution < 1.29 is 4.79 Å². The van der Waals surface area contributed by atoms with Crippen molar-refractivity contribution >= 4 is 28.8 Å². The summed E-state index contributed by atoms with van der Waals surface area (Å²) in [5.41, 5.74) is -0.566. The zero-order chi connectivity index (χ0) is 27.0. The molecule has 4 aromatic rings. The van der Waals surface area contributed by atoms with Gasteiger partial charge in [0.2, 0.25) is 11.9 Å². The standard InChI is InChI=1S/C24H25N11O3/c1-14-6-5-9-33(14)23-27-10-16(11-28-23)19-26-8-7-17(30-19)31-21(36)15(2)34-13-29-20-18(34)22(37)35(12-25-3)24(38)32(20)4/h7-8,10-11,13-15H,5-6,9,12H2,1-2,4H3,(H,26,30,31,36)/t14-,15-/m0/s1. The summed E-state index contributed by atoms with van der Waals surface area (Å²) in [7, 11) is 1.46. The number of fused-ring (bicyclic) bond motifs is 1. The van der Waals surface area contributed by atoms with Gasteiger partial charge in [0.05, 0.1) is 11.9 Å². The molecule has 1 aliphatic heterocycles. The number of hydrogen-bond donors (Lipinski definition) is 1. The first-order chi connectivity index (χ1) is 18.3. The van der Waals surface area contributed by atoms with Gasteiger partial charge in [0.15, 0.2) is 17.0 Å². The third-order valence-electron chi connectivity index (χ3n) is 6.68. The third kappa shape index (κ3) is 4.27. The number of nitrogens with zero attached hydrogens (tertiary/aromatic N) is 10. The van der Waals surface area contributed by atoms with E-state index < -0.39 is 29.9 Å². The molecule has 2 atom stereocenters. The normalized spacial score (nSPS) is 15.9. The van der Waals surface area contributed by atoms with Gasteiger partial charge in [-0.2, -0.15) is 4.57 Å². The van der Waals surface area contributed by atoms with Crippen LogP contribution in [0.4, 0.5) is 11.8 Å². The highest BCUT2D eigenvalue weighted by atomic mass is 16.2. The summed E-state index contributed by atoms with van der Waals surface area (Å²) in [5, 5.41) is 2.74. The van der Waals surface area contributed by atoms with Crippen LogP contribution in [0.15, 0.2) is 40.6 Å². The van der Waals surface area contributed by atoms with E-state index >= 15 is 0 Å². The maximum atomic E-state index is 13.1. The molecule has 194 valence electrons. The van der Waals surface area contributed by atoms with E-state index in [0.29, 0.717) is 23.4 Å². The molecule has 1 fully saturated rings. The minimum Gasteiger partial charge on any atom is -0.338 e. The van der Waals surface area contributed by atoms with Gasteiger partial charge >= 0.3 is 5.69 Å². The Morgan fingerprint density at radius 2 is 2.00 bits per heavy atom. The van der Waals surface area contributed by atoms with Crippen LogP contribution >= 0.6 is 0 Å². The van der Waals surface area contributed by atoms with E-state index in [4.69, 9.17) is 6.57 Å². The summed E-state index contributed by atoms with van der Waals surface area (Å²) in [4.78, 5) is 65.6. The molecule has 0 saturated carbocycles. The Labute approximate surface area is 216 Å². The quantitative estimate of drug-likeness (QED) is 0.374. The Kier molecular flexibility index (Phi) is 6.41. The SMILES string of the molecule is [C-]#[N+]Cn1c(=O)c2c(ncn2[C@@H](C)C(=O)Nc2ccnc(-c3cnc(N4CCC[C@@H]4C)nc3)n2)n(C)c1=O. The van der Waals surface area contributed by atoms with Gasteiger partial charge in [-0.05, 0) is 32.8 Å². The Morgan fingerprint density at radius 3 is 2.68 bits per heavy atom. The second-order valence-electron chi connectivity index (χ2n) is 9.09. The lowest BCUT2D eigenvalue weighted by atomic mass is 10.2. The molecule has 0 unspecified atom stereocenters. The molecule has 4 aromatic heterocycles. The topological polar surface area (TPSA) is 150 Å². The van der Waals surface area contributed by atoms with Crippen LogP contribution in [0.3, 0.4) is 0 Å². The van der Waals surface area contributed by atoms with Gasteiger partial charge in [-0.3, -0.25) is 19.0 Å². The van der Waals surface area contributed by atoms with Crippen molar-refractivity contribution in [2.45, 2.75) is 45.4 Å². The first-order valence-corrected chi connectivity index (χ1v) is 12.0. The molecule has 0 aromatic carbocycles. The number of amides is 1. The van der Waals surface area contributed by atoms with Crippen LogP contribution in [-0.4, -0.2) is 57.1 Å². The van der Waals surface area contributed by atoms with Gasteiger partial charge in [0, 0.05) is 38.2 Å². The summed E-state index contributed by atoms with van der Waals surface area (Å²) in [6.07, 6.45) is 8.38. The molecule has 0 aliphatic carbocycles. The lowest BCUT2D eigenvalue weighted by Gasteiger charge is -2.20. The second-order valence-corrected chi connectivity index (χ2v) is 9.09. The van der Waals surface area contributed by atoms with Crippen molar-refractivity contribution in [3.8, 4) is 11.4 Å². The van der Waals surface area contributed by atoms with Crippen LogP contribution < -0.4 is 21.5 Å². The van der Waals surface area contributed by atoms with Crippen molar-refractivity contribution in [2.75, 3.05) is 16.8 Å². The van der Waals surface area contributed by atoms with Crippen LogP contribution in [0.1, 0.15) is 32.7 Å². The molecule has 38 heavy (non-hydrogen) atoms. The molecular weight excluding hydrogens is 490 g/mol. The number of aromatic nitrogens is 8. The highest BCUT2D eigenvalue weighted by Crippen LogP contribution is 2.23. The molecular formula is C24H25N11O3. The largest absolute Gasteiger partial charge is 0.338 e. The fourth-order valence-electron chi connectivity index (χ4n) is 4.52. The van der Waals surface area contributed by atoms with E-state index in [0.717, 1.165) is 24.0 Å². The maximum Gasteiger partial charge on any atom is 0.338 e. The Balaban J connectivity index is 1.38. The maximum absolute atomic E-state index is 13.1. The molecule has 0 spiro atoms. The second kappa shape index (κ2) is 9.85. The monoisotopic (exact) mass is 515 g/mol. The zero-order valence-corrected chi connectivity index (χ0v) is 21.1. The minimum atomic E-state index is -0.880. The van der Waals surface area contributed by atoms with E-state index in [2.05, 4.69) is 46.9 Å². The average molecular weight is 516 g/mol. The van der Waals surface area contributed by atoms with Crippen LogP contribution in [0, 0.1) is 6.57 Å². The Hall–Kier alpha value is -4.93. The first-order valence-electron chi connectivity index (χ1n) is 12.0. The van der Waals surface area contributed by atoms with Crippen molar-refractivity contribution in [2.24, 2.45) is 7.05 Å². The van der Waals surface area contributed by atoms with E-state index in [9.17, 15) is 14.4 Å². The average Bonchev–Trinajstić information content (AvgIpc) is 3.56. The van der Waals surface area contributed by atoms with Crippen molar-refractivity contribution in [3.05, 3.63) is 63.2 Å². The summed E-state index contributed by atoms with van der Waals surface area (Å²) in [5.74, 6) is 0.805.